The quantitative estimate of drug-likeness (QED) is 0.367. The van der Waals surface area contributed by atoms with Gasteiger partial charge in [-0.15, -0.1) is 10.2 Å². The number of hydrogen-bond acceptors (Lipinski definition) is 5. The van der Waals surface area contributed by atoms with Crippen LogP contribution in [0, 0.1) is 6.92 Å². The fraction of sp³-hybridized carbons (Fsp3) is 0.154. The Morgan fingerprint density at radius 3 is 2.62 bits per heavy atom. The summed E-state index contributed by atoms with van der Waals surface area (Å²) < 4.78 is 3.43. The summed E-state index contributed by atoms with van der Waals surface area (Å²) in [4.78, 5) is 26.1. The van der Waals surface area contributed by atoms with Gasteiger partial charge in [0.2, 0.25) is 11.7 Å². The average molecular weight is 470 g/mol. The van der Waals surface area contributed by atoms with Gasteiger partial charge in [0, 0.05) is 5.69 Å². The maximum absolute atomic E-state index is 13.4. The standard InChI is InChI=1S/C26H23N5O2S/c1-3-18-10-8-11-19(15-18)27-23(32)16-34-26-29-28-25-30(21-13-6-4-9-17(21)2)24(33)20-12-5-7-14-22(20)31(25)26/h4-15H,3,16H2,1-2H3,(H,27,32). The highest BCUT2D eigenvalue weighted by Gasteiger charge is 2.19. The van der Waals surface area contributed by atoms with Crippen LogP contribution in [0.2, 0.25) is 0 Å². The number of thioether (sulfide) groups is 1. The van der Waals surface area contributed by atoms with Crippen molar-refractivity contribution in [2.75, 3.05) is 11.1 Å². The molecule has 170 valence electrons. The molecule has 3 aromatic carbocycles. The Labute approximate surface area is 200 Å². The summed E-state index contributed by atoms with van der Waals surface area (Å²) in [6.45, 7) is 4.03. The van der Waals surface area contributed by atoms with E-state index in [1.165, 1.54) is 11.8 Å². The minimum absolute atomic E-state index is 0.133. The van der Waals surface area contributed by atoms with E-state index in [-0.39, 0.29) is 17.2 Å². The molecule has 0 aliphatic rings. The van der Waals surface area contributed by atoms with E-state index < -0.39 is 0 Å². The topological polar surface area (TPSA) is 81.3 Å². The Kier molecular flexibility index (Phi) is 5.90. The van der Waals surface area contributed by atoms with E-state index in [9.17, 15) is 9.59 Å². The molecular weight excluding hydrogens is 446 g/mol. The molecular formula is C26H23N5O2S. The number of nitrogens with zero attached hydrogens (tertiary/aromatic N) is 4. The lowest BCUT2D eigenvalue weighted by molar-refractivity contribution is -0.113. The summed E-state index contributed by atoms with van der Waals surface area (Å²) in [7, 11) is 0. The molecule has 2 heterocycles. The summed E-state index contributed by atoms with van der Waals surface area (Å²) >= 11 is 1.28. The highest BCUT2D eigenvalue weighted by Crippen LogP contribution is 2.24. The van der Waals surface area contributed by atoms with Crippen molar-refractivity contribution >= 4 is 40.0 Å². The molecule has 1 amide bonds. The van der Waals surface area contributed by atoms with Gasteiger partial charge < -0.3 is 5.32 Å². The molecule has 0 saturated carbocycles. The van der Waals surface area contributed by atoms with Crippen LogP contribution in [0.4, 0.5) is 5.69 Å². The predicted octanol–water partition coefficient (Wildman–Crippen LogP) is 4.64. The highest BCUT2D eigenvalue weighted by atomic mass is 32.2. The average Bonchev–Trinajstić information content (AvgIpc) is 3.28. The molecule has 0 fully saturated rings. The molecule has 0 bridgehead atoms. The van der Waals surface area contributed by atoms with Crippen molar-refractivity contribution in [3.8, 4) is 5.69 Å². The van der Waals surface area contributed by atoms with Crippen LogP contribution in [0.5, 0.6) is 0 Å². The smallest absolute Gasteiger partial charge is 0.267 e. The van der Waals surface area contributed by atoms with Crippen LogP contribution >= 0.6 is 11.8 Å². The maximum Gasteiger partial charge on any atom is 0.267 e. The number of fused-ring (bicyclic) bond motifs is 3. The first-order valence-electron chi connectivity index (χ1n) is 11.0. The van der Waals surface area contributed by atoms with Gasteiger partial charge in [-0.05, 0) is 54.8 Å². The van der Waals surface area contributed by atoms with Gasteiger partial charge in [0.25, 0.3) is 5.56 Å². The molecule has 0 atom stereocenters. The molecule has 5 aromatic rings. The van der Waals surface area contributed by atoms with E-state index in [0.29, 0.717) is 21.8 Å². The number of rotatable bonds is 6. The van der Waals surface area contributed by atoms with Crippen molar-refractivity contribution in [2.45, 2.75) is 25.4 Å². The van der Waals surface area contributed by atoms with E-state index in [2.05, 4.69) is 22.4 Å². The number of amides is 1. The van der Waals surface area contributed by atoms with Gasteiger partial charge in [-0.3, -0.25) is 14.0 Å². The molecule has 0 aliphatic heterocycles. The molecule has 2 aromatic heterocycles. The summed E-state index contributed by atoms with van der Waals surface area (Å²) in [6, 6.07) is 22.9. The molecule has 0 aliphatic carbocycles. The number of aromatic nitrogens is 4. The van der Waals surface area contributed by atoms with Crippen molar-refractivity contribution in [3.05, 3.63) is 94.3 Å². The first-order valence-corrected chi connectivity index (χ1v) is 12.0. The Hall–Kier alpha value is -3.91. The SMILES string of the molecule is CCc1cccc(NC(=O)CSc2nnc3n(-c4ccccc4C)c(=O)c4ccccc4n23)c1. The van der Waals surface area contributed by atoms with Crippen LogP contribution in [-0.2, 0) is 11.2 Å². The molecule has 5 rings (SSSR count). The Balaban J connectivity index is 1.54. The third-order valence-corrected chi connectivity index (χ3v) is 6.63. The van der Waals surface area contributed by atoms with Crippen molar-refractivity contribution in [1.29, 1.82) is 0 Å². The van der Waals surface area contributed by atoms with Crippen LogP contribution in [-0.4, -0.2) is 30.8 Å². The van der Waals surface area contributed by atoms with E-state index >= 15 is 0 Å². The van der Waals surface area contributed by atoms with Crippen LogP contribution in [0.3, 0.4) is 0 Å². The third kappa shape index (κ3) is 3.97. The number of aryl methyl sites for hydroxylation is 2. The van der Waals surface area contributed by atoms with Crippen molar-refractivity contribution in [1.82, 2.24) is 19.2 Å². The second-order valence-electron chi connectivity index (χ2n) is 7.95. The van der Waals surface area contributed by atoms with Crippen LogP contribution in [0.25, 0.3) is 22.4 Å². The van der Waals surface area contributed by atoms with Crippen LogP contribution < -0.4 is 10.9 Å². The predicted molar refractivity (Wildman–Crippen MR) is 136 cm³/mol. The summed E-state index contributed by atoms with van der Waals surface area (Å²) in [5.74, 6) is 0.442. The molecule has 7 nitrogen and oxygen atoms in total. The Morgan fingerprint density at radius 2 is 1.79 bits per heavy atom. The normalized spacial score (nSPS) is 11.2. The monoisotopic (exact) mass is 469 g/mol. The largest absolute Gasteiger partial charge is 0.325 e. The fourth-order valence-corrected chi connectivity index (χ4v) is 4.74. The van der Waals surface area contributed by atoms with Crippen molar-refractivity contribution in [3.63, 3.8) is 0 Å². The van der Waals surface area contributed by atoms with Gasteiger partial charge in [0.05, 0.1) is 22.3 Å². The first-order chi connectivity index (χ1) is 16.6. The van der Waals surface area contributed by atoms with E-state index in [4.69, 9.17) is 0 Å². The van der Waals surface area contributed by atoms with E-state index in [1.54, 1.807) is 10.6 Å². The zero-order valence-corrected chi connectivity index (χ0v) is 19.7. The number of anilines is 1. The summed E-state index contributed by atoms with van der Waals surface area (Å²) in [6.07, 6.45) is 0.903. The van der Waals surface area contributed by atoms with Gasteiger partial charge in [0.15, 0.2) is 5.16 Å². The molecule has 0 radical (unpaired) electrons. The number of nitrogens with one attached hydrogen (secondary N) is 1. The number of carbonyl (C=O) groups is 1. The second-order valence-corrected chi connectivity index (χ2v) is 8.90. The zero-order valence-electron chi connectivity index (χ0n) is 18.9. The summed E-state index contributed by atoms with van der Waals surface area (Å²) in [5.41, 5.74) is 4.18. The highest BCUT2D eigenvalue weighted by molar-refractivity contribution is 7.99. The van der Waals surface area contributed by atoms with Crippen LogP contribution in [0.1, 0.15) is 18.1 Å². The summed E-state index contributed by atoms with van der Waals surface area (Å²) in [5, 5.41) is 12.7. The third-order valence-electron chi connectivity index (χ3n) is 5.70. The molecule has 34 heavy (non-hydrogen) atoms. The molecule has 8 heteroatoms. The lowest BCUT2D eigenvalue weighted by Gasteiger charge is -2.13. The zero-order chi connectivity index (χ0) is 23.7. The molecule has 1 N–H and O–H groups in total. The van der Waals surface area contributed by atoms with Gasteiger partial charge in [-0.1, -0.05) is 61.2 Å². The Morgan fingerprint density at radius 1 is 1.00 bits per heavy atom. The van der Waals surface area contributed by atoms with Crippen molar-refractivity contribution in [2.24, 2.45) is 0 Å². The first kappa shape index (κ1) is 21.9. The van der Waals surface area contributed by atoms with E-state index in [1.807, 2.05) is 78.1 Å². The van der Waals surface area contributed by atoms with Crippen molar-refractivity contribution < 1.29 is 4.79 Å². The Bertz CT molecular complexity index is 1590. The molecule has 0 unspecified atom stereocenters. The number of carbonyl (C=O) groups excluding carboxylic acids is 1. The van der Waals surface area contributed by atoms with Gasteiger partial charge in [0.1, 0.15) is 0 Å². The number of hydrogen-bond donors (Lipinski definition) is 1. The molecule has 0 spiro atoms. The van der Waals surface area contributed by atoms with E-state index in [0.717, 1.165) is 28.9 Å². The minimum Gasteiger partial charge on any atom is -0.325 e. The van der Waals surface area contributed by atoms with Gasteiger partial charge in [-0.2, -0.15) is 0 Å². The lowest BCUT2D eigenvalue weighted by Crippen LogP contribution is -2.22. The van der Waals surface area contributed by atoms with Crippen LogP contribution in [0.15, 0.2) is 82.7 Å². The molecule has 0 saturated heterocycles. The lowest BCUT2D eigenvalue weighted by atomic mass is 10.1. The number of benzene rings is 3. The second kappa shape index (κ2) is 9.15. The number of para-hydroxylation sites is 2. The van der Waals surface area contributed by atoms with Gasteiger partial charge >= 0.3 is 0 Å². The maximum atomic E-state index is 13.4. The fourth-order valence-electron chi connectivity index (χ4n) is 4.00. The minimum atomic E-state index is -0.158. The van der Waals surface area contributed by atoms with Gasteiger partial charge in [-0.25, -0.2) is 4.57 Å².